The summed E-state index contributed by atoms with van der Waals surface area (Å²) in [4.78, 5) is 12.4. The second kappa shape index (κ2) is 8.86. The first-order valence-corrected chi connectivity index (χ1v) is 8.64. The van der Waals surface area contributed by atoms with Gasteiger partial charge in [0.1, 0.15) is 11.6 Å². The fraction of sp³-hybridized carbons (Fsp3) is 0.350. The van der Waals surface area contributed by atoms with Crippen molar-refractivity contribution in [2.24, 2.45) is 5.92 Å². The number of hydrogen-bond donors (Lipinski definition) is 1. The fourth-order valence-electron chi connectivity index (χ4n) is 2.67. The summed E-state index contributed by atoms with van der Waals surface area (Å²) in [5.74, 6) is 0.483. The molecule has 1 N–H and O–H groups in total. The number of hydrogen-bond acceptors (Lipinski definition) is 2. The van der Waals surface area contributed by atoms with Crippen molar-refractivity contribution in [2.75, 3.05) is 7.11 Å². The molecule has 0 fully saturated rings. The molecule has 0 aromatic heterocycles. The van der Waals surface area contributed by atoms with Crippen LogP contribution in [0.25, 0.3) is 0 Å². The molecule has 0 heterocycles. The Kier molecular flexibility index (Phi) is 6.82. The maximum atomic E-state index is 13.9. The lowest BCUT2D eigenvalue weighted by Crippen LogP contribution is -2.31. The average Bonchev–Trinajstić information content (AvgIpc) is 2.56. The molecule has 0 saturated carbocycles. The molecule has 1 atom stereocenters. The van der Waals surface area contributed by atoms with E-state index in [4.69, 9.17) is 16.3 Å². The minimum absolute atomic E-state index is 0.0201. The molecule has 5 heteroatoms. The summed E-state index contributed by atoms with van der Waals surface area (Å²) in [6, 6.07) is 11.8. The summed E-state index contributed by atoms with van der Waals surface area (Å²) in [6.07, 6.45) is 0.773. The molecule has 0 aliphatic heterocycles. The van der Waals surface area contributed by atoms with Gasteiger partial charge in [-0.25, -0.2) is 4.39 Å². The maximum Gasteiger partial charge on any atom is 0.225 e. The van der Waals surface area contributed by atoms with E-state index in [9.17, 15) is 9.18 Å². The minimum atomic E-state index is -0.465. The predicted octanol–water partition coefficient (Wildman–Crippen LogP) is 4.93. The molecule has 0 spiro atoms. The van der Waals surface area contributed by atoms with Crippen molar-refractivity contribution in [1.29, 1.82) is 0 Å². The van der Waals surface area contributed by atoms with Gasteiger partial charge in [0, 0.05) is 5.02 Å². The summed E-state index contributed by atoms with van der Waals surface area (Å²) in [6.45, 7) is 4.20. The SMILES string of the molecule is COc1ccc(C(CC(C)C)NC(=O)Cc2ccc(Cl)cc2F)cc1. The normalized spacial score (nSPS) is 12.1. The Morgan fingerprint density at radius 3 is 2.44 bits per heavy atom. The highest BCUT2D eigenvalue weighted by Crippen LogP contribution is 2.24. The van der Waals surface area contributed by atoms with Crippen LogP contribution in [0.15, 0.2) is 42.5 Å². The summed E-state index contributed by atoms with van der Waals surface area (Å²) < 4.78 is 19.1. The van der Waals surface area contributed by atoms with E-state index in [-0.39, 0.29) is 18.4 Å². The standard InChI is InChI=1S/C20H23ClFNO2/c1-13(2)10-19(14-5-8-17(25-3)9-6-14)23-20(24)11-15-4-7-16(21)12-18(15)22/h4-9,12-13,19H,10-11H2,1-3H3,(H,23,24). The highest BCUT2D eigenvalue weighted by molar-refractivity contribution is 6.30. The quantitative estimate of drug-likeness (QED) is 0.757. The van der Waals surface area contributed by atoms with Crippen LogP contribution in [0, 0.1) is 11.7 Å². The van der Waals surface area contributed by atoms with Crippen LogP contribution in [0.2, 0.25) is 5.02 Å². The predicted molar refractivity (Wildman–Crippen MR) is 98.4 cm³/mol. The maximum absolute atomic E-state index is 13.9. The summed E-state index contributed by atoms with van der Waals surface area (Å²) in [5, 5.41) is 3.33. The van der Waals surface area contributed by atoms with Crippen LogP contribution in [-0.2, 0) is 11.2 Å². The Morgan fingerprint density at radius 1 is 1.20 bits per heavy atom. The van der Waals surface area contributed by atoms with E-state index in [1.54, 1.807) is 19.2 Å². The van der Waals surface area contributed by atoms with Crippen molar-refractivity contribution in [3.05, 3.63) is 64.4 Å². The monoisotopic (exact) mass is 363 g/mol. The third-order valence-corrected chi connectivity index (χ3v) is 4.16. The summed E-state index contributed by atoms with van der Waals surface area (Å²) in [5.41, 5.74) is 1.33. The lowest BCUT2D eigenvalue weighted by molar-refractivity contribution is -0.121. The summed E-state index contributed by atoms with van der Waals surface area (Å²) >= 11 is 5.75. The highest BCUT2D eigenvalue weighted by Gasteiger charge is 2.17. The van der Waals surface area contributed by atoms with Crippen LogP contribution in [0.5, 0.6) is 5.75 Å². The van der Waals surface area contributed by atoms with E-state index >= 15 is 0 Å². The van der Waals surface area contributed by atoms with Gasteiger partial charge in [0.2, 0.25) is 5.91 Å². The van der Waals surface area contributed by atoms with Crippen LogP contribution >= 0.6 is 11.6 Å². The molecule has 1 amide bonds. The number of rotatable bonds is 7. The number of carbonyl (C=O) groups excluding carboxylic acids is 1. The third kappa shape index (κ3) is 5.75. The lowest BCUT2D eigenvalue weighted by atomic mass is 9.96. The zero-order valence-electron chi connectivity index (χ0n) is 14.7. The van der Waals surface area contributed by atoms with Crippen LogP contribution in [0.4, 0.5) is 4.39 Å². The van der Waals surface area contributed by atoms with Gasteiger partial charge in [-0.2, -0.15) is 0 Å². The molecule has 3 nitrogen and oxygen atoms in total. The fourth-order valence-corrected chi connectivity index (χ4v) is 2.83. The van der Waals surface area contributed by atoms with Gasteiger partial charge in [0.25, 0.3) is 0 Å². The average molecular weight is 364 g/mol. The Labute approximate surface area is 153 Å². The van der Waals surface area contributed by atoms with Crippen molar-refractivity contribution < 1.29 is 13.9 Å². The number of carbonyl (C=O) groups is 1. The molecule has 0 aliphatic rings. The van der Waals surface area contributed by atoms with Crippen LogP contribution in [-0.4, -0.2) is 13.0 Å². The van der Waals surface area contributed by atoms with E-state index in [1.807, 2.05) is 24.3 Å². The van der Waals surface area contributed by atoms with E-state index in [1.165, 1.54) is 6.07 Å². The Balaban J connectivity index is 2.11. The first-order valence-electron chi connectivity index (χ1n) is 8.26. The van der Waals surface area contributed by atoms with E-state index < -0.39 is 5.82 Å². The van der Waals surface area contributed by atoms with Crippen molar-refractivity contribution >= 4 is 17.5 Å². The molecule has 0 saturated heterocycles. The number of halogens is 2. The van der Waals surface area contributed by atoms with Crippen LogP contribution < -0.4 is 10.1 Å². The third-order valence-electron chi connectivity index (χ3n) is 3.93. The van der Waals surface area contributed by atoms with Crippen LogP contribution in [0.1, 0.15) is 37.4 Å². The van der Waals surface area contributed by atoms with E-state index in [0.717, 1.165) is 17.7 Å². The van der Waals surface area contributed by atoms with E-state index in [0.29, 0.717) is 16.5 Å². The van der Waals surface area contributed by atoms with Crippen molar-refractivity contribution in [1.82, 2.24) is 5.32 Å². The molecule has 0 radical (unpaired) electrons. The molecular weight excluding hydrogens is 341 g/mol. The number of nitrogens with one attached hydrogen (secondary N) is 1. The summed E-state index contributed by atoms with van der Waals surface area (Å²) in [7, 11) is 1.61. The van der Waals surface area contributed by atoms with Crippen molar-refractivity contribution in [3.8, 4) is 5.75 Å². The minimum Gasteiger partial charge on any atom is -0.497 e. The molecule has 2 aromatic rings. The van der Waals surface area contributed by atoms with Gasteiger partial charge < -0.3 is 10.1 Å². The van der Waals surface area contributed by atoms with Gasteiger partial charge in [-0.3, -0.25) is 4.79 Å². The topological polar surface area (TPSA) is 38.3 Å². The zero-order chi connectivity index (χ0) is 18.4. The molecule has 2 rings (SSSR count). The van der Waals surface area contributed by atoms with E-state index in [2.05, 4.69) is 19.2 Å². The Bertz CT molecular complexity index is 716. The molecular formula is C20H23ClFNO2. The first kappa shape index (κ1) is 19.3. The van der Waals surface area contributed by atoms with Gasteiger partial charge in [0.05, 0.1) is 19.6 Å². The number of benzene rings is 2. The second-order valence-corrected chi connectivity index (χ2v) is 6.87. The Hall–Kier alpha value is -2.07. The largest absolute Gasteiger partial charge is 0.497 e. The zero-order valence-corrected chi connectivity index (χ0v) is 15.4. The Morgan fingerprint density at radius 2 is 1.88 bits per heavy atom. The van der Waals surface area contributed by atoms with Crippen LogP contribution in [0.3, 0.4) is 0 Å². The second-order valence-electron chi connectivity index (χ2n) is 6.44. The molecule has 2 aromatic carbocycles. The molecule has 1 unspecified atom stereocenters. The molecule has 134 valence electrons. The molecule has 25 heavy (non-hydrogen) atoms. The molecule has 0 bridgehead atoms. The number of ether oxygens (including phenoxy) is 1. The number of amides is 1. The smallest absolute Gasteiger partial charge is 0.225 e. The van der Waals surface area contributed by atoms with Gasteiger partial charge in [-0.15, -0.1) is 0 Å². The van der Waals surface area contributed by atoms with Gasteiger partial charge in [-0.1, -0.05) is 43.6 Å². The highest BCUT2D eigenvalue weighted by atomic mass is 35.5. The van der Waals surface area contributed by atoms with Crippen molar-refractivity contribution in [3.63, 3.8) is 0 Å². The molecule has 0 aliphatic carbocycles. The van der Waals surface area contributed by atoms with Gasteiger partial charge in [0.15, 0.2) is 0 Å². The number of methoxy groups -OCH3 is 1. The first-order chi connectivity index (χ1) is 11.9. The van der Waals surface area contributed by atoms with Gasteiger partial charge >= 0.3 is 0 Å². The van der Waals surface area contributed by atoms with Gasteiger partial charge in [-0.05, 0) is 47.7 Å². The van der Waals surface area contributed by atoms with Crippen molar-refractivity contribution in [2.45, 2.75) is 32.7 Å². The lowest BCUT2D eigenvalue weighted by Gasteiger charge is -2.21.